The Labute approximate surface area is 146 Å². The Morgan fingerprint density at radius 1 is 1.04 bits per heavy atom. The normalized spacial score (nSPS) is 21.2. The maximum Gasteiger partial charge on any atom is 0.138 e. The van der Waals surface area contributed by atoms with Crippen LogP contribution in [0.5, 0.6) is 11.5 Å². The molecule has 1 aliphatic heterocycles. The number of pyridine rings is 1. The van der Waals surface area contributed by atoms with Crippen LogP contribution in [0, 0.1) is 0 Å². The number of aromatic nitrogens is 3. The van der Waals surface area contributed by atoms with E-state index in [-0.39, 0.29) is 12.2 Å². The number of hydrogen-bond donors (Lipinski definition) is 1. The summed E-state index contributed by atoms with van der Waals surface area (Å²) < 4.78 is 17.7. The van der Waals surface area contributed by atoms with Crippen LogP contribution >= 0.6 is 0 Å². The minimum absolute atomic E-state index is 0.0307. The summed E-state index contributed by atoms with van der Waals surface area (Å²) in [6, 6.07) is 7.89. The molecule has 0 aliphatic carbocycles. The number of H-pyrrole nitrogens is 1. The van der Waals surface area contributed by atoms with Gasteiger partial charge in [-0.2, -0.15) is 5.10 Å². The lowest BCUT2D eigenvalue weighted by Gasteiger charge is -2.17. The predicted molar refractivity (Wildman–Crippen MR) is 94.9 cm³/mol. The monoisotopic (exact) mass is 339 g/mol. The lowest BCUT2D eigenvalue weighted by atomic mass is 10.1. The summed E-state index contributed by atoms with van der Waals surface area (Å²) in [7, 11) is 0. The van der Waals surface area contributed by atoms with Crippen molar-refractivity contribution in [2.75, 3.05) is 13.2 Å². The average Bonchev–Trinajstić information content (AvgIpc) is 3.01. The Hall–Kier alpha value is -2.60. The number of ether oxygens (including phenoxy) is 3. The number of nitrogens with zero attached hydrogens (tertiary/aromatic N) is 2. The maximum absolute atomic E-state index is 5.99. The third-order valence-electron chi connectivity index (χ3n) is 4.22. The molecular weight excluding hydrogens is 318 g/mol. The minimum Gasteiger partial charge on any atom is -0.489 e. The number of nitrogens with one attached hydrogen (secondary N) is 1. The predicted octanol–water partition coefficient (Wildman–Crippen LogP) is 3.58. The first-order valence-electron chi connectivity index (χ1n) is 8.53. The van der Waals surface area contributed by atoms with Crippen molar-refractivity contribution in [3.05, 3.63) is 36.7 Å². The zero-order chi connectivity index (χ0) is 17.2. The maximum atomic E-state index is 5.99. The van der Waals surface area contributed by atoms with E-state index in [4.69, 9.17) is 14.2 Å². The van der Waals surface area contributed by atoms with E-state index in [9.17, 15) is 0 Å². The van der Waals surface area contributed by atoms with E-state index in [1.807, 2.05) is 38.1 Å². The van der Waals surface area contributed by atoms with Gasteiger partial charge in [-0.15, -0.1) is 0 Å². The van der Waals surface area contributed by atoms with Crippen LogP contribution in [0.3, 0.4) is 0 Å². The molecule has 1 aliphatic rings. The van der Waals surface area contributed by atoms with Gasteiger partial charge in [-0.1, -0.05) is 0 Å². The van der Waals surface area contributed by atoms with E-state index in [2.05, 4.69) is 15.2 Å². The second-order valence-corrected chi connectivity index (χ2v) is 6.41. The van der Waals surface area contributed by atoms with Crippen molar-refractivity contribution in [1.29, 1.82) is 0 Å². The van der Waals surface area contributed by atoms with Gasteiger partial charge in [-0.05, 0) is 38.1 Å². The lowest BCUT2D eigenvalue weighted by molar-refractivity contribution is 0.0441. The van der Waals surface area contributed by atoms with Gasteiger partial charge >= 0.3 is 0 Å². The fourth-order valence-electron chi connectivity index (χ4n) is 2.96. The van der Waals surface area contributed by atoms with E-state index in [1.165, 1.54) is 0 Å². The summed E-state index contributed by atoms with van der Waals surface area (Å²) in [5.74, 6) is 1.53. The molecule has 0 saturated heterocycles. The van der Waals surface area contributed by atoms with Gasteiger partial charge in [0, 0.05) is 23.6 Å². The van der Waals surface area contributed by atoms with E-state index < -0.39 is 0 Å². The Morgan fingerprint density at radius 3 is 2.84 bits per heavy atom. The topological polar surface area (TPSA) is 69.3 Å². The molecule has 1 N–H and O–H groups in total. The van der Waals surface area contributed by atoms with E-state index in [0.29, 0.717) is 13.2 Å². The molecule has 4 rings (SSSR count). The zero-order valence-corrected chi connectivity index (χ0v) is 14.4. The van der Waals surface area contributed by atoms with Gasteiger partial charge in [-0.3, -0.25) is 10.1 Å². The largest absolute Gasteiger partial charge is 0.489 e. The number of aromatic amines is 1. The molecule has 130 valence electrons. The summed E-state index contributed by atoms with van der Waals surface area (Å²) in [5, 5.41) is 8.52. The van der Waals surface area contributed by atoms with Crippen molar-refractivity contribution in [2.24, 2.45) is 0 Å². The highest BCUT2D eigenvalue weighted by Gasteiger charge is 2.14. The molecule has 3 heterocycles. The first kappa shape index (κ1) is 15.9. The molecular formula is C19H21N3O3. The van der Waals surface area contributed by atoms with Crippen molar-refractivity contribution in [2.45, 2.75) is 32.5 Å². The van der Waals surface area contributed by atoms with Gasteiger partial charge in [0.2, 0.25) is 0 Å². The van der Waals surface area contributed by atoms with Crippen LogP contribution in [0.2, 0.25) is 0 Å². The standard InChI is InChI=1S/C19H21N3O3/c1-12-5-6-23-11-13(2)25-15-3-4-18-17(8-15)19(22-21-18)14-7-16(24-12)10-20-9-14/h3-4,7-10,12-13H,5-6,11H2,1-2H3,(H,21,22)/t12-,13-/m1/s1. The molecule has 4 bridgehead atoms. The first-order chi connectivity index (χ1) is 12.2. The second kappa shape index (κ2) is 6.72. The average molecular weight is 339 g/mol. The summed E-state index contributed by atoms with van der Waals surface area (Å²) in [5.41, 5.74) is 2.70. The third kappa shape index (κ3) is 3.44. The summed E-state index contributed by atoms with van der Waals surface area (Å²) >= 11 is 0. The van der Waals surface area contributed by atoms with E-state index >= 15 is 0 Å². The fourth-order valence-corrected chi connectivity index (χ4v) is 2.96. The van der Waals surface area contributed by atoms with E-state index in [0.717, 1.165) is 40.1 Å². The van der Waals surface area contributed by atoms with Crippen molar-refractivity contribution in [1.82, 2.24) is 15.2 Å². The highest BCUT2D eigenvalue weighted by Crippen LogP contribution is 2.31. The Bertz CT molecular complexity index is 877. The molecule has 1 aromatic carbocycles. The van der Waals surface area contributed by atoms with Crippen molar-refractivity contribution in [3.8, 4) is 22.8 Å². The smallest absolute Gasteiger partial charge is 0.138 e. The summed E-state index contributed by atoms with van der Waals surface area (Å²) in [6.07, 6.45) is 4.34. The van der Waals surface area contributed by atoms with Crippen molar-refractivity contribution in [3.63, 3.8) is 0 Å². The highest BCUT2D eigenvalue weighted by atomic mass is 16.5. The molecule has 0 unspecified atom stereocenters. The molecule has 25 heavy (non-hydrogen) atoms. The molecule has 3 aromatic rings. The molecule has 6 nitrogen and oxygen atoms in total. The lowest BCUT2D eigenvalue weighted by Crippen LogP contribution is -2.21. The van der Waals surface area contributed by atoms with Crippen LogP contribution in [0.25, 0.3) is 22.2 Å². The van der Waals surface area contributed by atoms with Crippen LogP contribution in [0.15, 0.2) is 36.7 Å². The molecule has 0 radical (unpaired) electrons. The van der Waals surface area contributed by atoms with E-state index in [1.54, 1.807) is 12.4 Å². The van der Waals surface area contributed by atoms with Gasteiger partial charge in [0.15, 0.2) is 0 Å². The van der Waals surface area contributed by atoms with Crippen molar-refractivity contribution < 1.29 is 14.2 Å². The minimum atomic E-state index is -0.0307. The SMILES string of the molecule is C[C@@H]1CCOC[C@@H](C)Oc2ccc3[nH]nc(c3c2)-c2cncc(c2)O1. The number of fused-ring (bicyclic) bond motifs is 4. The van der Waals surface area contributed by atoms with Crippen LogP contribution < -0.4 is 9.47 Å². The summed E-state index contributed by atoms with van der Waals surface area (Å²) in [4.78, 5) is 4.31. The van der Waals surface area contributed by atoms with Gasteiger partial charge in [0.25, 0.3) is 0 Å². The van der Waals surface area contributed by atoms with Crippen LogP contribution in [-0.4, -0.2) is 40.6 Å². The molecule has 2 atom stereocenters. The Kier molecular flexibility index (Phi) is 4.28. The molecule has 0 saturated carbocycles. The zero-order valence-electron chi connectivity index (χ0n) is 14.4. The number of rotatable bonds is 0. The van der Waals surface area contributed by atoms with Gasteiger partial charge in [0.05, 0.1) is 31.0 Å². The quantitative estimate of drug-likeness (QED) is 0.678. The van der Waals surface area contributed by atoms with Gasteiger partial charge in [-0.25, -0.2) is 0 Å². The van der Waals surface area contributed by atoms with Gasteiger partial charge < -0.3 is 14.2 Å². The number of hydrogen-bond acceptors (Lipinski definition) is 5. The molecule has 0 spiro atoms. The van der Waals surface area contributed by atoms with Crippen molar-refractivity contribution >= 4 is 10.9 Å². The molecule has 2 aromatic heterocycles. The Balaban J connectivity index is 1.79. The second-order valence-electron chi connectivity index (χ2n) is 6.41. The molecule has 6 heteroatoms. The number of benzene rings is 1. The fraction of sp³-hybridized carbons (Fsp3) is 0.368. The summed E-state index contributed by atoms with van der Waals surface area (Å²) in [6.45, 7) is 5.20. The third-order valence-corrected chi connectivity index (χ3v) is 4.22. The van der Waals surface area contributed by atoms with Crippen LogP contribution in [0.4, 0.5) is 0 Å². The molecule has 0 amide bonds. The molecule has 0 fully saturated rings. The van der Waals surface area contributed by atoms with Gasteiger partial charge in [0.1, 0.15) is 23.3 Å². The first-order valence-corrected chi connectivity index (χ1v) is 8.53. The Morgan fingerprint density at radius 2 is 1.92 bits per heavy atom. The van der Waals surface area contributed by atoms with Crippen LogP contribution in [-0.2, 0) is 4.74 Å². The highest BCUT2D eigenvalue weighted by molar-refractivity contribution is 5.93. The van der Waals surface area contributed by atoms with Crippen LogP contribution in [0.1, 0.15) is 20.3 Å².